The van der Waals surface area contributed by atoms with Crippen LogP contribution in [0.4, 0.5) is 10.1 Å². The van der Waals surface area contributed by atoms with Gasteiger partial charge in [0.15, 0.2) is 0 Å². The van der Waals surface area contributed by atoms with Crippen LogP contribution in [-0.2, 0) is 10.2 Å². The summed E-state index contributed by atoms with van der Waals surface area (Å²) in [6.07, 6.45) is 1.72. The van der Waals surface area contributed by atoms with Crippen molar-refractivity contribution in [1.82, 2.24) is 9.97 Å². The topological polar surface area (TPSA) is 49.0 Å². The zero-order chi connectivity index (χ0) is 17.8. The number of imidazole rings is 1. The van der Waals surface area contributed by atoms with Gasteiger partial charge in [-0.05, 0) is 43.7 Å². The summed E-state index contributed by atoms with van der Waals surface area (Å²) < 4.78 is 13.4. The van der Waals surface area contributed by atoms with Gasteiger partial charge >= 0.3 is 0 Å². The maximum Gasteiger partial charge on any atom is 0.237 e. The Labute approximate surface area is 145 Å². The molecule has 0 aliphatic carbocycles. The van der Waals surface area contributed by atoms with Crippen LogP contribution in [0.5, 0.6) is 0 Å². The van der Waals surface area contributed by atoms with E-state index in [0.29, 0.717) is 23.4 Å². The minimum absolute atomic E-state index is 0.0613. The molecule has 1 N–H and O–H groups in total. The summed E-state index contributed by atoms with van der Waals surface area (Å²) in [4.78, 5) is 22.1. The summed E-state index contributed by atoms with van der Waals surface area (Å²) in [6, 6.07) is 10.3. The lowest BCUT2D eigenvalue weighted by Gasteiger charge is -2.18. The molecule has 0 bridgehead atoms. The minimum atomic E-state index is -0.562. The fourth-order valence-corrected chi connectivity index (χ4v) is 3.42. The zero-order valence-corrected chi connectivity index (χ0v) is 14.1. The summed E-state index contributed by atoms with van der Waals surface area (Å²) in [5, 5.41) is 0. The van der Waals surface area contributed by atoms with Gasteiger partial charge in [-0.2, -0.15) is 0 Å². The van der Waals surface area contributed by atoms with Gasteiger partial charge in [0.1, 0.15) is 11.6 Å². The third-order valence-electron chi connectivity index (χ3n) is 4.77. The molecule has 1 aliphatic rings. The highest BCUT2D eigenvalue weighted by atomic mass is 19.1. The standard InChI is InChI=1S/C20H18FN3O/c1-4-9-24-17-10-12(5-7-14(17)20(2,3)19(24)25)18-22-15-8-6-13(21)11-16(15)23-18/h4-8,10-11H,1,9H2,2-3H3,(H,22,23). The van der Waals surface area contributed by atoms with Gasteiger partial charge in [-0.15, -0.1) is 6.58 Å². The number of benzene rings is 2. The lowest BCUT2D eigenvalue weighted by Crippen LogP contribution is -2.36. The van der Waals surface area contributed by atoms with E-state index in [9.17, 15) is 9.18 Å². The van der Waals surface area contributed by atoms with Crippen molar-refractivity contribution in [3.63, 3.8) is 0 Å². The molecule has 0 saturated carbocycles. The molecule has 5 heteroatoms. The Morgan fingerprint density at radius 2 is 2.08 bits per heavy atom. The number of aromatic nitrogens is 2. The molecule has 0 atom stereocenters. The van der Waals surface area contributed by atoms with Crippen LogP contribution >= 0.6 is 0 Å². The molecule has 0 spiro atoms. The second-order valence-corrected chi connectivity index (χ2v) is 6.81. The molecule has 3 aromatic rings. The first-order chi connectivity index (χ1) is 11.9. The van der Waals surface area contributed by atoms with Gasteiger partial charge in [0.25, 0.3) is 0 Å². The predicted molar refractivity (Wildman–Crippen MR) is 97.1 cm³/mol. The molecular weight excluding hydrogens is 317 g/mol. The third kappa shape index (κ3) is 2.27. The fraction of sp³-hybridized carbons (Fsp3) is 0.200. The zero-order valence-electron chi connectivity index (χ0n) is 14.1. The molecule has 2 heterocycles. The van der Waals surface area contributed by atoms with Crippen LogP contribution in [0.25, 0.3) is 22.4 Å². The number of H-pyrrole nitrogens is 1. The summed E-state index contributed by atoms with van der Waals surface area (Å²) in [5.74, 6) is 0.409. The summed E-state index contributed by atoms with van der Waals surface area (Å²) >= 11 is 0. The number of aromatic amines is 1. The highest BCUT2D eigenvalue weighted by molar-refractivity contribution is 6.08. The van der Waals surface area contributed by atoms with Crippen LogP contribution in [0, 0.1) is 5.82 Å². The first-order valence-electron chi connectivity index (χ1n) is 8.15. The molecule has 126 valence electrons. The van der Waals surface area contributed by atoms with Crippen molar-refractivity contribution in [3.05, 3.63) is 60.4 Å². The van der Waals surface area contributed by atoms with E-state index in [4.69, 9.17) is 0 Å². The average Bonchev–Trinajstić information content (AvgIpc) is 3.08. The van der Waals surface area contributed by atoms with Gasteiger partial charge in [0, 0.05) is 17.8 Å². The number of halogens is 1. The molecule has 25 heavy (non-hydrogen) atoms. The number of carbonyl (C=O) groups is 1. The minimum Gasteiger partial charge on any atom is -0.338 e. The van der Waals surface area contributed by atoms with Crippen molar-refractivity contribution < 1.29 is 9.18 Å². The van der Waals surface area contributed by atoms with E-state index >= 15 is 0 Å². The van der Waals surface area contributed by atoms with E-state index in [-0.39, 0.29) is 11.7 Å². The highest BCUT2D eigenvalue weighted by Crippen LogP contribution is 2.43. The van der Waals surface area contributed by atoms with Crippen LogP contribution < -0.4 is 4.90 Å². The van der Waals surface area contributed by atoms with Crippen LogP contribution in [0.2, 0.25) is 0 Å². The van der Waals surface area contributed by atoms with Gasteiger partial charge in [-0.25, -0.2) is 9.37 Å². The highest BCUT2D eigenvalue weighted by Gasteiger charge is 2.43. The second kappa shape index (κ2) is 5.28. The number of nitrogens with one attached hydrogen (secondary N) is 1. The molecule has 1 aliphatic heterocycles. The number of rotatable bonds is 3. The van der Waals surface area contributed by atoms with Crippen molar-refractivity contribution in [3.8, 4) is 11.4 Å². The molecule has 1 aromatic heterocycles. The van der Waals surface area contributed by atoms with Gasteiger partial charge in [0.05, 0.1) is 16.4 Å². The summed E-state index contributed by atoms with van der Waals surface area (Å²) in [7, 11) is 0. The smallest absolute Gasteiger partial charge is 0.237 e. The Morgan fingerprint density at radius 3 is 2.84 bits per heavy atom. The number of nitrogens with zero attached hydrogens (tertiary/aromatic N) is 2. The van der Waals surface area contributed by atoms with Crippen LogP contribution in [0.15, 0.2) is 49.1 Å². The Morgan fingerprint density at radius 1 is 1.28 bits per heavy atom. The fourth-order valence-electron chi connectivity index (χ4n) is 3.42. The van der Waals surface area contributed by atoms with Crippen molar-refractivity contribution in [2.24, 2.45) is 0 Å². The average molecular weight is 335 g/mol. The molecule has 0 unspecified atom stereocenters. The Kier molecular flexibility index (Phi) is 3.29. The van der Waals surface area contributed by atoms with Crippen molar-refractivity contribution in [1.29, 1.82) is 0 Å². The van der Waals surface area contributed by atoms with E-state index in [1.54, 1.807) is 17.0 Å². The molecule has 0 fully saturated rings. The van der Waals surface area contributed by atoms with E-state index in [1.807, 2.05) is 32.0 Å². The van der Waals surface area contributed by atoms with E-state index in [2.05, 4.69) is 16.5 Å². The van der Waals surface area contributed by atoms with E-state index in [1.165, 1.54) is 12.1 Å². The Hall–Kier alpha value is -2.95. The number of fused-ring (bicyclic) bond motifs is 2. The van der Waals surface area contributed by atoms with Crippen molar-refractivity contribution >= 4 is 22.6 Å². The van der Waals surface area contributed by atoms with Gasteiger partial charge in [-0.1, -0.05) is 18.2 Å². The number of carbonyl (C=O) groups excluding carboxylic acids is 1. The lowest BCUT2D eigenvalue weighted by atomic mass is 9.86. The van der Waals surface area contributed by atoms with Gasteiger partial charge < -0.3 is 9.88 Å². The maximum atomic E-state index is 13.4. The number of hydrogen-bond donors (Lipinski definition) is 1. The third-order valence-corrected chi connectivity index (χ3v) is 4.77. The van der Waals surface area contributed by atoms with Crippen LogP contribution in [0.3, 0.4) is 0 Å². The molecule has 0 radical (unpaired) electrons. The number of anilines is 1. The second-order valence-electron chi connectivity index (χ2n) is 6.81. The molecule has 1 amide bonds. The normalized spacial score (nSPS) is 15.6. The van der Waals surface area contributed by atoms with Crippen LogP contribution in [0.1, 0.15) is 19.4 Å². The largest absolute Gasteiger partial charge is 0.338 e. The number of hydrogen-bond acceptors (Lipinski definition) is 2. The number of amides is 1. The Bertz CT molecular complexity index is 1020. The van der Waals surface area contributed by atoms with E-state index < -0.39 is 5.41 Å². The summed E-state index contributed by atoms with van der Waals surface area (Å²) in [6.45, 7) is 8.07. The molecule has 0 saturated heterocycles. The van der Waals surface area contributed by atoms with Gasteiger partial charge in [0.2, 0.25) is 5.91 Å². The predicted octanol–water partition coefficient (Wildman–Crippen LogP) is 4.18. The first kappa shape index (κ1) is 15.6. The lowest BCUT2D eigenvalue weighted by molar-refractivity contribution is -0.122. The monoisotopic (exact) mass is 335 g/mol. The van der Waals surface area contributed by atoms with Crippen LogP contribution in [-0.4, -0.2) is 22.4 Å². The SMILES string of the molecule is C=CCN1C(=O)C(C)(C)c2ccc(-c3nc4ccc(F)cc4[nH]3)cc21. The van der Waals surface area contributed by atoms with Crippen molar-refractivity contribution in [2.45, 2.75) is 19.3 Å². The summed E-state index contributed by atoms with van der Waals surface area (Å²) in [5.41, 5.74) is 3.51. The van der Waals surface area contributed by atoms with Crippen molar-refractivity contribution in [2.75, 3.05) is 11.4 Å². The molecule has 4 rings (SSSR count). The molecular formula is C20H18FN3O. The quantitative estimate of drug-likeness (QED) is 0.730. The first-order valence-corrected chi connectivity index (χ1v) is 8.15. The maximum absolute atomic E-state index is 13.4. The molecule has 2 aromatic carbocycles. The molecule has 4 nitrogen and oxygen atoms in total. The Balaban J connectivity index is 1.85. The van der Waals surface area contributed by atoms with E-state index in [0.717, 1.165) is 16.8 Å². The van der Waals surface area contributed by atoms with Gasteiger partial charge in [-0.3, -0.25) is 4.79 Å².